The van der Waals surface area contributed by atoms with Gasteiger partial charge in [-0.3, -0.25) is 19.3 Å². The maximum atomic E-state index is 13.1. The molecule has 1 aliphatic rings. The van der Waals surface area contributed by atoms with Crippen molar-refractivity contribution in [2.45, 2.75) is 46.1 Å². The van der Waals surface area contributed by atoms with Gasteiger partial charge < -0.3 is 15.4 Å². The molecule has 3 rings (SSSR count). The monoisotopic (exact) mass is 425 g/mol. The van der Waals surface area contributed by atoms with Crippen LogP contribution in [0.3, 0.4) is 0 Å². The molecule has 2 N–H and O–H groups in total. The lowest BCUT2D eigenvalue weighted by atomic mass is 9.93. The number of hydrogen-bond donors (Lipinski definition) is 2. The molecule has 1 heterocycles. The molecule has 0 radical (unpaired) electrons. The van der Waals surface area contributed by atoms with E-state index >= 15 is 0 Å². The molecule has 0 fully saturated rings. The molecule has 0 spiro atoms. The van der Waals surface area contributed by atoms with Crippen molar-refractivity contribution in [3.05, 3.63) is 41.5 Å². The first kappa shape index (κ1) is 22.7. The highest BCUT2D eigenvalue weighted by atomic mass is 16.6. The summed E-state index contributed by atoms with van der Waals surface area (Å²) in [6, 6.07) is 9.24. The van der Waals surface area contributed by atoms with Crippen LogP contribution in [0.4, 0.5) is 5.69 Å². The van der Waals surface area contributed by atoms with Crippen molar-refractivity contribution in [1.82, 2.24) is 10.2 Å². The van der Waals surface area contributed by atoms with Crippen LogP contribution in [0.5, 0.6) is 0 Å². The van der Waals surface area contributed by atoms with E-state index < -0.39 is 5.60 Å². The van der Waals surface area contributed by atoms with Crippen LogP contribution in [-0.2, 0) is 9.53 Å². The first-order chi connectivity index (χ1) is 14.7. The SMILES string of the molecule is CCCCNc1ccc2c3c(cccc13)C(=O)N(CCNCC(=O)OC(C)(C)C)C2=O. The predicted octanol–water partition coefficient (Wildman–Crippen LogP) is 3.58. The molecule has 31 heavy (non-hydrogen) atoms. The minimum Gasteiger partial charge on any atom is -0.459 e. The van der Waals surface area contributed by atoms with E-state index in [2.05, 4.69) is 17.6 Å². The van der Waals surface area contributed by atoms with Gasteiger partial charge in [0.05, 0.1) is 6.54 Å². The van der Waals surface area contributed by atoms with Crippen LogP contribution in [0.1, 0.15) is 61.3 Å². The molecule has 2 aromatic rings. The molecule has 2 aromatic carbocycles. The molecule has 1 aliphatic heterocycles. The van der Waals surface area contributed by atoms with Gasteiger partial charge in [-0.2, -0.15) is 0 Å². The fourth-order valence-electron chi connectivity index (χ4n) is 3.66. The van der Waals surface area contributed by atoms with E-state index in [0.29, 0.717) is 23.1 Å². The Balaban J connectivity index is 1.72. The van der Waals surface area contributed by atoms with Crippen LogP contribution in [0.15, 0.2) is 30.3 Å². The van der Waals surface area contributed by atoms with Gasteiger partial charge in [-0.25, -0.2) is 0 Å². The van der Waals surface area contributed by atoms with E-state index in [1.54, 1.807) is 32.9 Å². The molecule has 0 unspecified atom stereocenters. The highest BCUT2D eigenvalue weighted by Crippen LogP contribution is 2.34. The third-order valence-corrected chi connectivity index (χ3v) is 5.04. The second-order valence-corrected chi connectivity index (χ2v) is 8.69. The summed E-state index contributed by atoms with van der Waals surface area (Å²) in [6.45, 7) is 8.88. The summed E-state index contributed by atoms with van der Waals surface area (Å²) in [4.78, 5) is 39.2. The van der Waals surface area contributed by atoms with Gasteiger partial charge in [-0.15, -0.1) is 0 Å². The topological polar surface area (TPSA) is 87.7 Å². The van der Waals surface area contributed by atoms with Crippen LogP contribution in [0.2, 0.25) is 0 Å². The second kappa shape index (κ2) is 9.47. The quantitative estimate of drug-likeness (QED) is 0.363. The third kappa shape index (κ3) is 5.22. The average molecular weight is 426 g/mol. The Morgan fingerprint density at radius 1 is 1.03 bits per heavy atom. The van der Waals surface area contributed by atoms with E-state index in [0.717, 1.165) is 30.5 Å². The first-order valence-electron chi connectivity index (χ1n) is 10.8. The zero-order valence-electron chi connectivity index (χ0n) is 18.7. The number of carbonyl (C=O) groups excluding carboxylic acids is 3. The summed E-state index contributed by atoms with van der Waals surface area (Å²) in [6.07, 6.45) is 2.13. The van der Waals surface area contributed by atoms with E-state index in [-0.39, 0.29) is 30.9 Å². The van der Waals surface area contributed by atoms with Gasteiger partial charge in [0.25, 0.3) is 11.8 Å². The number of nitrogens with zero attached hydrogens (tertiary/aromatic N) is 1. The largest absolute Gasteiger partial charge is 0.459 e. The normalized spacial score (nSPS) is 13.6. The molecule has 7 nitrogen and oxygen atoms in total. The van der Waals surface area contributed by atoms with Crippen molar-refractivity contribution in [3.8, 4) is 0 Å². The van der Waals surface area contributed by atoms with Gasteiger partial charge in [-0.05, 0) is 45.4 Å². The number of hydrogen-bond acceptors (Lipinski definition) is 6. The number of carbonyl (C=O) groups is 3. The molecule has 0 bridgehead atoms. The Kier molecular flexibility index (Phi) is 6.95. The average Bonchev–Trinajstić information content (AvgIpc) is 2.70. The molecule has 0 saturated carbocycles. The molecule has 7 heteroatoms. The Labute approximate surface area is 183 Å². The minimum absolute atomic E-state index is 0.0203. The number of unbranched alkanes of at least 4 members (excludes halogenated alkanes) is 1. The van der Waals surface area contributed by atoms with Crippen LogP contribution in [0, 0.1) is 0 Å². The molecule has 0 aromatic heterocycles. The summed E-state index contributed by atoms with van der Waals surface area (Å²) in [7, 11) is 0. The zero-order chi connectivity index (χ0) is 22.6. The molecule has 166 valence electrons. The molecule has 2 amide bonds. The summed E-state index contributed by atoms with van der Waals surface area (Å²) < 4.78 is 5.25. The van der Waals surface area contributed by atoms with Gasteiger partial charge in [0.1, 0.15) is 5.60 Å². The number of rotatable bonds is 9. The number of benzene rings is 2. The highest BCUT2D eigenvalue weighted by Gasteiger charge is 2.33. The third-order valence-electron chi connectivity index (χ3n) is 5.04. The molecule has 0 atom stereocenters. The number of ether oxygens (including phenoxy) is 1. The van der Waals surface area contributed by atoms with Crippen molar-refractivity contribution in [1.29, 1.82) is 0 Å². The van der Waals surface area contributed by atoms with Crippen molar-refractivity contribution >= 4 is 34.2 Å². The smallest absolute Gasteiger partial charge is 0.320 e. The number of amides is 2. The molecular weight excluding hydrogens is 394 g/mol. The Bertz CT molecular complexity index is 972. The standard InChI is InChI=1S/C24H31N3O4/c1-5-6-12-26-19-11-10-18-21-16(19)8-7-9-17(21)22(29)27(23(18)30)14-13-25-15-20(28)31-24(2,3)4/h7-11,25-26H,5-6,12-15H2,1-4H3. The fraction of sp³-hybridized carbons (Fsp3) is 0.458. The lowest BCUT2D eigenvalue weighted by Gasteiger charge is -2.28. The Hall–Kier alpha value is -2.93. The first-order valence-corrected chi connectivity index (χ1v) is 10.8. The molecule has 0 aliphatic carbocycles. The van der Waals surface area contributed by atoms with E-state index in [4.69, 9.17) is 4.74 Å². The van der Waals surface area contributed by atoms with Crippen LogP contribution in [-0.4, -0.2) is 54.5 Å². The molecular formula is C24H31N3O4. The lowest BCUT2D eigenvalue weighted by molar-refractivity contribution is -0.153. The molecule has 0 saturated heterocycles. The maximum absolute atomic E-state index is 13.1. The fourth-order valence-corrected chi connectivity index (χ4v) is 3.66. The number of esters is 1. The number of imide groups is 1. The van der Waals surface area contributed by atoms with Crippen molar-refractivity contribution in [3.63, 3.8) is 0 Å². The van der Waals surface area contributed by atoms with Crippen LogP contribution >= 0.6 is 0 Å². The van der Waals surface area contributed by atoms with Crippen LogP contribution in [0.25, 0.3) is 10.8 Å². The second-order valence-electron chi connectivity index (χ2n) is 8.69. The van der Waals surface area contributed by atoms with Crippen molar-refractivity contribution in [2.24, 2.45) is 0 Å². The summed E-state index contributed by atoms with van der Waals surface area (Å²) in [5, 5.41) is 7.95. The van der Waals surface area contributed by atoms with Gasteiger partial charge in [-0.1, -0.05) is 25.5 Å². The maximum Gasteiger partial charge on any atom is 0.320 e. The zero-order valence-corrected chi connectivity index (χ0v) is 18.7. The van der Waals surface area contributed by atoms with E-state index in [1.165, 1.54) is 4.90 Å². The van der Waals surface area contributed by atoms with E-state index in [9.17, 15) is 14.4 Å². The van der Waals surface area contributed by atoms with Gasteiger partial charge in [0.2, 0.25) is 0 Å². The number of nitrogens with one attached hydrogen (secondary N) is 2. The number of anilines is 1. The van der Waals surface area contributed by atoms with Crippen molar-refractivity contribution < 1.29 is 19.1 Å². The van der Waals surface area contributed by atoms with Gasteiger partial charge in [0.15, 0.2) is 0 Å². The van der Waals surface area contributed by atoms with Gasteiger partial charge >= 0.3 is 5.97 Å². The lowest BCUT2D eigenvalue weighted by Crippen LogP contribution is -2.44. The highest BCUT2D eigenvalue weighted by molar-refractivity contribution is 6.26. The Morgan fingerprint density at radius 2 is 1.74 bits per heavy atom. The van der Waals surface area contributed by atoms with E-state index in [1.807, 2.05) is 18.2 Å². The van der Waals surface area contributed by atoms with Gasteiger partial charge in [0, 0.05) is 47.2 Å². The minimum atomic E-state index is -0.551. The summed E-state index contributed by atoms with van der Waals surface area (Å²) >= 11 is 0. The predicted molar refractivity (Wildman–Crippen MR) is 121 cm³/mol. The summed E-state index contributed by atoms with van der Waals surface area (Å²) in [5.41, 5.74) is 1.43. The van der Waals surface area contributed by atoms with Crippen LogP contribution < -0.4 is 10.6 Å². The van der Waals surface area contributed by atoms with Crippen molar-refractivity contribution in [2.75, 3.05) is 31.5 Å². The summed E-state index contributed by atoms with van der Waals surface area (Å²) in [5.74, 6) is -0.997. The Morgan fingerprint density at radius 3 is 2.42 bits per heavy atom.